The van der Waals surface area contributed by atoms with E-state index < -0.39 is 7.92 Å². The van der Waals surface area contributed by atoms with E-state index in [2.05, 4.69) is 86.8 Å². The molecule has 10 radical (unpaired) electrons. The summed E-state index contributed by atoms with van der Waals surface area (Å²) < 4.78 is 0. The predicted molar refractivity (Wildman–Crippen MR) is 170 cm³/mol. The van der Waals surface area contributed by atoms with Gasteiger partial charge in [0.15, 0.2) is 0 Å². The van der Waals surface area contributed by atoms with E-state index in [-0.39, 0.29) is 25.0 Å². The fourth-order valence-electron chi connectivity index (χ4n) is 6.73. The summed E-state index contributed by atoms with van der Waals surface area (Å²) in [5, 5.41) is 2.97. The van der Waals surface area contributed by atoms with Crippen molar-refractivity contribution in [2.75, 3.05) is 0 Å². The van der Waals surface area contributed by atoms with Crippen LogP contribution >= 0.6 is 15.8 Å². The van der Waals surface area contributed by atoms with E-state index >= 15 is 0 Å². The molecule has 6 rings (SSSR count). The molecule has 39 heavy (non-hydrogen) atoms. The van der Waals surface area contributed by atoms with Crippen LogP contribution in [0.15, 0.2) is 60.7 Å². The molecule has 4 aliphatic carbocycles. The Bertz CT molecular complexity index is 837. The van der Waals surface area contributed by atoms with Crippen LogP contribution in [0.3, 0.4) is 0 Å². The largest absolute Gasteiger partial charge is 2.00 e. The Labute approximate surface area is 254 Å². The van der Waals surface area contributed by atoms with Crippen LogP contribution in [0.25, 0.3) is 0 Å². The molecule has 2 aromatic rings. The van der Waals surface area contributed by atoms with E-state index in [9.17, 15) is 0 Å². The van der Waals surface area contributed by atoms with Crippen molar-refractivity contribution in [1.29, 1.82) is 0 Å². The fourth-order valence-corrected chi connectivity index (χ4v) is 13.7. The van der Waals surface area contributed by atoms with Crippen LogP contribution in [-0.4, -0.2) is 17.0 Å². The first-order chi connectivity index (χ1) is 18.8. The summed E-state index contributed by atoms with van der Waals surface area (Å²) in [6.07, 6.45) is 32.1. The van der Waals surface area contributed by atoms with Crippen molar-refractivity contribution in [3.05, 3.63) is 124 Å². The topological polar surface area (TPSA) is 0 Å². The molecule has 204 valence electrons. The van der Waals surface area contributed by atoms with E-state index in [1.807, 2.05) is 32.1 Å². The second-order valence-electron chi connectivity index (χ2n) is 11.0. The monoisotopic (exact) mass is 594 g/mol. The Morgan fingerprint density at radius 2 is 1.00 bits per heavy atom. The SMILES string of the molecule is C[C@H]([C]1[CH][CH][CH][C]1P(c1ccccc1)c1ccccc1)P(C1CCCCC1)C1CCCCC1.[CH]1[CH][CH][CH][CH]1.[Fe+2]. The minimum atomic E-state index is -0.511. The Morgan fingerprint density at radius 1 is 0.564 bits per heavy atom. The number of rotatable bonds is 7. The van der Waals surface area contributed by atoms with Crippen LogP contribution in [0.1, 0.15) is 71.1 Å². The first-order valence-electron chi connectivity index (χ1n) is 14.9. The predicted octanol–water partition coefficient (Wildman–Crippen LogP) is 9.41. The summed E-state index contributed by atoms with van der Waals surface area (Å²) in [7, 11) is -0.489. The maximum Gasteiger partial charge on any atom is 2.00 e. The Hall–Kier alpha value is -0.181. The molecular formula is C36H44FeP2+2. The quantitative estimate of drug-likeness (QED) is 0.221. The number of benzene rings is 2. The van der Waals surface area contributed by atoms with Crippen LogP contribution in [0, 0.1) is 62.9 Å². The summed E-state index contributed by atoms with van der Waals surface area (Å²) >= 11 is 0. The van der Waals surface area contributed by atoms with Crippen molar-refractivity contribution < 1.29 is 17.1 Å². The first kappa shape index (κ1) is 31.7. The van der Waals surface area contributed by atoms with Gasteiger partial charge in [0, 0.05) is 5.66 Å². The van der Waals surface area contributed by atoms with Gasteiger partial charge in [-0.3, -0.25) is 0 Å². The zero-order valence-electron chi connectivity index (χ0n) is 23.4. The molecule has 0 aromatic heterocycles. The Balaban J connectivity index is 0.000000530. The number of hydrogen-bond donors (Lipinski definition) is 0. The van der Waals surface area contributed by atoms with E-state index in [1.165, 1.54) is 74.8 Å². The number of hydrogen-bond acceptors (Lipinski definition) is 0. The molecule has 3 heteroatoms. The molecule has 0 bridgehead atoms. The molecule has 4 fully saturated rings. The molecule has 0 aliphatic heterocycles. The van der Waals surface area contributed by atoms with Crippen molar-refractivity contribution in [3.8, 4) is 0 Å². The second-order valence-corrected chi connectivity index (χ2v) is 16.4. The van der Waals surface area contributed by atoms with Gasteiger partial charge in [0.05, 0.1) is 0 Å². The molecule has 0 N–H and O–H groups in total. The minimum Gasteiger partial charge on any atom is -0.0968 e. The average Bonchev–Trinajstić information content (AvgIpc) is 3.72. The third kappa shape index (κ3) is 8.67. The molecule has 1 atom stereocenters. The van der Waals surface area contributed by atoms with E-state index in [0.29, 0.717) is 5.66 Å². The maximum atomic E-state index is 2.62. The second kappa shape index (κ2) is 17.1. The van der Waals surface area contributed by atoms with Gasteiger partial charge in [-0.1, -0.05) is 114 Å². The van der Waals surface area contributed by atoms with Crippen LogP contribution in [0.4, 0.5) is 0 Å². The molecular weight excluding hydrogens is 550 g/mol. The van der Waals surface area contributed by atoms with E-state index in [4.69, 9.17) is 0 Å². The van der Waals surface area contributed by atoms with Crippen molar-refractivity contribution in [2.45, 2.75) is 88.1 Å². The van der Waals surface area contributed by atoms with Gasteiger partial charge in [-0.25, -0.2) is 0 Å². The van der Waals surface area contributed by atoms with Crippen LogP contribution in [-0.2, 0) is 17.1 Å². The molecule has 0 saturated heterocycles. The van der Waals surface area contributed by atoms with E-state index in [1.54, 1.807) is 11.6 Å². The summed E-state index contributed by atoms with van der Waals surface area (Å²) in [6.45, 7) is 2.62. The Morgan fingerprint density at radius 3 is 1.44 bits per heavy atom. The standard InChI is InChI=1S/C31H39P2.C5H5.Fe/c1-25(32(26-15-6-2-7-16-26)27-17-8-3-9-18-27)30-23-14-24-31(30)33(28-19-10-4-11-20-28)29-21-12-5-13-22-29;1-2-4-5-3-1;/h4-5,10-14,19-27H,2-3,6-9,15-18H2,1H3;1-5H;/q;;+2/t25-;;/m1../s1. The van der Waals surface area contributed by atoms with Gasteiger partial charge in [-0.05, 0) is 118 Å². The normalized spacial score (nSPS) is 22.4. The third-order valence-electron chi connectivity index (χ3n) is 8.54. The molecule has 0 unspecified atom stereocenters. The molecule has 4 aliphatic rings. The van der Waals surface area contributed by atoms with Gasteiger partial charge in [0.1, 0.15) is 0 Å². The van der Waals surface area contributed by atoms with Crippen LogP contribution < -0.4 is 10.6 Å². The van der Waals surface area contributed by atoms with Gasteiger partial charge in [-0.2, -0.15) is 0 Å². The summed E-state index contributed by atoms with van der Waals surface area (Å²) in [4.78, 5) is 0. The average molecular weight is 595 g/mol. The van der Waals surface area contributed by atoms with Crippen molar-refractivity contribution in [2.24, 2.45) is 0 Å². The fraction of sp³-hybridized carbons (Fsp3) is 0.389. The summed E-state index contributed by atoms with van der Waals surface area (Å²) in [6, 6.07) is 22.6. The van der Waals surface area contributed by atoms with Gasteiger partial charge in [0.2, 0.25) is 0 Å². The summed E-state index contributed by atoms with van der Waals surface area (Å²) in [5.41, 5.74) is 4.33. The van der Waals surface area contributed by atoms with Gasteiger partial charge >= 0.3 is 17.1 Å². The zero-order chi connectivity index (χ0) is 26.0. The van der Waals surface area contributed by atoms with E-state index in [0.717, 1.165) is 11.3 Å². The van der Waals surface area contributed by atoms with Crippen molar-refractivity contribution in [1.82, 2.24) is 0 Å². The van der Waals surface area contributed by atoms with Crippen LogP contribution in [0.2, 0.25) is 0 Å². The molecule has 2 aromatic carbocycles. The molecule has 0 heterocycles. The summed E-state index contributed by atoms with van der Waals surface area (Å²) in [5.74, 6) is 1.68. The van der Waals surface area contributed by atoms with Crippen LogP contribution in [0.5, 0.6) is 0 Å². The maximum absolute atomic E-state index is 2.62. The van der Waals surface area contributed by atoms with Crippen molar-refractivity contribution in [3.63, 3.8) is 0 Å². The molecule has 0 spiro atoms. The van der Waals surface area contributed by atoms with Gasteiger partial charge < -0.3 is 0 Å². The zero-order valence-corrected chi connectivity index (χ0v) is 26.3. The Kier molecular flexibility index (Phi) is 13.9. The molecule has 0 amide bonds. The van der Waals surface area contributed by atoms with Crippen molar-refractivity contribution >= 4 is 26.5 Å². The molecule has 0 nitrogen and oxygen atoms in total. The minimum absolute atomic E-state index is 0. The van der Waals surface area contributed by atoms with Gasteiger partial charge in [0.25, 0.3) is 0 Å². The smallest absolute Gasteiger partial charge is 0.0968 e. The third-order valence-corrected chi connectivity index (χ3v) is 15.0. The molecule has 4 saturated carbocycles. The van der Waals surface area contributed by atoms with Gasteiger partial charge in [-0.15, -0.1) is 0 Å². The first-order valence-corrected chi connectivity index (χ1v) is 17.8.